The van der Waals surface area contributed by atoms with E-state index in [1.165, 1.54) is 5.56 Å². The lowest BCUT2D eigenvalue weighted by Crippen LogP contribution is -2.21. The summed E-state index contributed by atoms with van der Waals surface area (Å²) in [6.45, 7) is 2.05. The minimum absolute atomic E-state index is 0.183. The number of benzene rings is 1. The van der Waals surface area contributed by atoms with E-state index in [1.54, 1.807) is 30.8 Å². The van der Waals surface area contributed by atoms with E-state index in [9.17, 15) is 4.79 Å². The van der Waals surface area contributed by atoms with Gasteiger partial charge in [-0.05, 0) is 36.8 Å². The number of anilines is 1. The Hall–Kier alpha value is -1.16. The molecule has 1 aromatic carbocycles. The molecule has 4 heteroatoms. The maximum absolute atomic E-state index is 11.4. The van der Waals surface area contributed by atoms with Gasteiger partial charge in [0.05, 0.1) is 0 Å². The average molecular weight is 252 g/mol. The van der Waals surface area contributed by atoms with Crippen LogP contribution >= 0.6 is 11.8 Å². The summed E-state index contributed by atoms with van der Waals surface area (Å²) in [5, 5.41) is 0. The molecule has 0 saturated carbocycles. The van der Waals surface area contributed by atoms with E-state index in [1.807, 2.05) is 12.1 Å². The molecule has 1 amide bonds. The summed E-state index contributed by atoms with van der Waals surface area (Å²) in [5.41, 5.74) is 7.92. The summed E-state index contributed by atoms with van der Waals surface area (Å²) in [5.74, 6) is 1.11. The standard InChI is InChI=1S/C13H20N2OS/c1-10-6-7-11(14)12(9-10)17-8-4-5-13(16)15(2)3/h6-7,9H,4-5,8,14H2,1-3H3. The summed E-state index contributed by atoms with van der Waals surface area (Å²) in [7, 11) is 3.57. The number of nitrogen functional groups attached to an aromatic ring is 1. The molecule has 0 fully saturated rings. The molecule has 1 aromatic rings. The van der Waals surface area contributed by atoms with Crippen molar-refractivity contribution in [2.75, 3.05) is 25.6 Å². The van der Waals surface area contributed by atoms with Crippen LogP contribution in [-0.2, 0) is 4.79 Å². The van der Waals surface area contributed by atoms with Crippen LogP contribution in [0.1, 0.15) is 18.4 Å². The van der Waals surface area contributed by atoms with Gasteiger partial charge in [-0.3, -0.25) is 4.79 Å². The van der Waals surface area contributed by atoms with Gasteiger partial charge >= 0.3 is 0 Å². The first-order valence-electron chi connectivity index (χ1n) is 5.70. The van der Waals surface area contributed by atoms with Crippen molar-refractivity contribution < 1.29 is 4.79 Å². The Morgan fingerprint density at radius 2 is 2.12 bits per heavy atom. The predicted molar refractivity (Wildman–Crippen MR) is 74.2 cm³/mol. The molecule has 0 spiro atoms. The van der Waals surface area contributed by atoms with Crippen molar-refractivity contribution in [1.82, 2.24) is 4.90 Å². The van der Waals surface area contributed by atoms with Crippen molar-refractivity contribution in [1.29, 1.82) is 0 Å². The monoisotopic (exact) mass is 252 g/mol. The molecule has 0 heterocycles. The van der Waals surface area contributed by atoms with Crippen LogP contribution in [0.5, 0.6) is 0 Å². The van der Waals surface area contributed by atoms with Crippen LogP contribution in [0.3, 0.4) is 0 Å². The third kappa shape index (κ3) is 4.69. The maximum atomic E-state index is 11.4. The van der Waals surface area contributed by atoms with Crippen LogP contribution in [0.25, 0.3) is 0 Å². The Bertz CT molecular complexity index is 391. The molecule has 94 valence electrons. The Morgan fingerprint density at radius 1 is 1.41 bits per heavy atom. The number of thioether (sulfide) groups is 1. The normalized spacial score (nSPS) is 10.3. The number of hydrogen-bond donors (Lipinski definition) is 1. The number of nitrogens with two attached hydrogens (primary N) is 1. The minimum atomic E-state index is 0.183. The highest BCUT2D eigenvalue weighted by Crippen LogP contribution is 2.26. The molecular weight excluding hydrogens is 232 g/mol. The lowest BCUT2D eigenvalue weighted by molar-refractivity contribution is -0.128. The van der Waals surface area contributed by atoms with Gasteiger partial charge < -0.3 is 10.6 Å². The van der Waals surface area contributed by atoms with E-state index in [0.29, 0.717) is 6.42 Å². The highest BCUT2D eigenvalue weighted by molar-refractivity contribution is 7.99. The third-order valence-corrected chi connectivity index (χ3v) is 3.62. The number of carbonyl (C=O) groups excluding carboxylic acids is 1. The molecule has 3 nitrogen and oxygen atoms in total. The molecule has 0 bridgehead atoms. The highest BCUT2D eigenvalue weighted by Gasteiger charge is 2.04. The van der Waals surface area contributed by atoms with E-state index >= 15 is 0 Å². The van der Waals surface area contributed by atoms with Gasteiger partial charge in [-0.25, -0.2) is 0 Å². The second-order valence-electron chi connectivity index (χ2n) is 4.28. The van der Waals surface area contributed by atoms with Crippen LogP contribution in [0.4, 0.5) is 5.69 Å². The number of rotatable bonds is 5. The van der Waals surface area contributed by atoms with Gasteiger partial charge in [-0.2, -0.15) is 0 Å². The molecule has 0 unspecified atom stereocenters. The number of hydrogen-bond acceptors (Lipinski definition) is 3. The Kier molecular flexibility index (Phi) is 5.35. The zero-order chi connectivity index (χ0) is 12.8. The van der Waals surface area contributed by atoms with Crippen molar-refractivity contribution in [2.24, 2.45) is 0 Å². The van der Waals surface area contributed by atoms with Gasteiger partial charge in [0.1, 0.15) is 0 Å². The molecule has 0 aliphatic carbocycles. The quantitative estimate of drug-likeness (QED) is 0.497. The Labute approximate surface area is 107 Å². The predicted octanol–water partition coefficient (Wildman–Crippen LogP) is 2.54. The fourth-order valence-electron chi connectivity index (χ4n) is 1.40. The fraction of sp³-hybridized carbons (Fsp3) is 0.462. The summed E-state index contributed by atoms with van der Waals surface area (Å²) in [6.07, 6.45) is 1.49. The Morgan fingerprint density at radius 3 is 2.76 bits per heavy atom. The van der Waals surface area contributed by atoms with Crippen molar-refractivity contribution in [3.05, 3.63) is 23.8 Å². The smallest absolute Gasteiger partial charge is 0.222 e. The van der Waals surface area contributed by atoms with Crippen LogP contribution in [-0.4, -0.2) is 30.7 Å². The molecular formula is C13H20N2OS. The molecule has 17 heavy (non-hydrogen) atoms. The molecule has 0 saturated heterocycles. The first kappa shape index (κ1) is 13.9. The van der Waals surface area contributed by atoms with Gasteiger partial charge in [0.25, 0.3) is 0 Å². The summed E-state index contributed by atoms with van der Waals surface area (Å²) in [6, 6.07) is 6.03. The molecule has 0 atom stereocenters. The summed E-state index contributed by atoms with van der Waals surface area (Å²) in [4.78, 5) is 14.1. The van der Waals surface area contributed by atoms with Crippen molar-refractivity contribution in [3.63, 3.8) is 0 Å². The zero-order valence-corrected chi connectivity index (χ0v) is 11.5. The molecule has 2 N–H and O–H groups in total. The molecule has 0 radical (unpaired) electrons. The minimum Gasteiger partial charge on any atom is -0.398 e. The second kappa shape index (κ2) is 6.55. The molecule has 1 rings (SSSR count). The van der Waals surface area contributed by atoms with Crippen LogP contribution in [0.15, 0.2) is 23.1 Å². The molecule has 0 aliphatic rings. The van der Waals surface area contributed by atoms with E-state index in [4.69, 9.17) is 5.73 Å². The van der Waals surface area contributed by atoms with E-state index in [-0.39, 0.29) is 5.91 Å². The van der Waals surface area contributed by atoms with Crippen molar-refractivity contribution in [2.45, 2.75) is 24.7 Å². The molecule has 0 aromatic heterocycles. The summed E-state index contributed by atoms with van der Waals surface area (Å²) >= 11 is 1.72. The van der Waals surface area contributed by atoms with Gasteiger partial charge in [-0.1, -0.05) is 6.07 Å². The van der Waals surface area contributed by atoms with Gasteiger partial charge in [0.15, 0.2) is 0 Å². The fourth-order valence-corrected chi connectivity index (χ4v) is 2.41. The van der Waals surface area contributed by atoms with Crippen LogP contribution in [0, 0.1) is 6.92 Å². The van der Waals surface area contributed by atoms with Gasteiger partial charge in [-0.15, -0.1) is 11.8 Å². The van der Waals surface area contributed by atoms with E-state index in [0.717, 1.165) is 22.8 Å². The number of aryl methyl sites for hydroxylation is 1. The van der Waals surface area contributed by atoms with E-state index < -0.39 is 0 Å². The second-order valence-corrected chi connectivity index (χ2v) is 5.42. The maximum Gasteiger partial charge on any atom is 0.222 e. The first-order chi connectivity index (χ1) is 8.00. The summed E-state index contributed by atoms with van der Waals surface area (Å²) < 4.78 is 0. The topological polar surface area (TPSA) is 46.3 Å². The van der Waals surface area contributed by atoms with Gasteiger partial charge in [0, 0.05) is 31.1 Å². The average Bonchev–Trinajstić information content (AvgIpc) is 2.28. The van der Waals surface area contributed by atoms with Crippen LogP contribution in [0.2, 0.25) is 0 Å². The largest absolute Gasteiger partial charge is 0.398 e. The third-order valence-electron chi connectivity index (χ3n) is 2.46. The SMILES string of the molecule is Cc1ccc(N)c(SCCCC(=O)N(C)C)c1. The van der Waals surface area contributed by atoms with E-state index in [2.05, 4.69) is 13.0 Å². The lowest BCUT2D eigenvalue weighted by Gasteiger charge is -2.10. The van der Waals surface area contributed by atoms with Crippen molar-refractivity contribution >= 4 is 23.4 Å². The Balaban J connectivity index is 2.36. The first-order valence-corrected chi connectivity index (χ1v) is 6.68. The highest BCUT2D eigenvalue weighted by atomic mass is 32.2. The zero-order valence-electron chi connectivity index (χ0n) is 10.7. The lowest BCUT2D eigenvalue weighted by atomic mass is 10.2. The number of nitrogens with zero attached hydrogens (tertiary/aromatic N) is 1. The van der Waals surface area contributed by atoms with Crippen molar-refractivity contribution in [3.8, 4) is 0 Å². The van der Waals surface area contributed by atoms with Crippen LogP contribution < -0.4 is 5.73 Å². The number of amides is 1. The number of carbonyl (C=O) groups is 1. The molecule has 0 aliphatic heterocycles. The van der Waals surface area contributed by atoms with Gasteiger partial charge in [0.2, 0.25) is 5.91 Å².